The predicted octanol–water partition coefficient (Wildman–Crippen LogP) is 2.76. The lowest BCUT2D eigenvalue weighted by Crippen LogP contribution is -2.25. The molecular weight excluding hydrogens is 164 g/mol. The largest absolute Gasteiger partial charge is 0.463 e. The zero-order valence-electron chi connectivity index (χ0n) is 8.88. The minimum Gasteiger partial charge on any atom is -0.463 e. The van der Waals surface area contributed by atoms with Gasteiger partial charge in [0.15, 0.2) is 0 Å². The lowest BCUT2D eigenvalue weighted by molar-refractivity contribution is -0.153. The topological polar surface area (TPSA) is 26.3 Å². The van der Waals surface area contributed by atoms with Crippen LogP contribution in [0.2, 0.25) is 0 Å². The maximum absolute atomic E-state index is 11.5. The third-order valence-corrected chi connectivity index (χ3v) is 2.70. The highest BCUT2D eigenvalue weighted by atomic mass is 16.5. The molecule has 0 heterocycles. The van der Waals surface area contributed by atoms with E-state index >= 15 is 0 Å². The van der Waals surface area contributed by atoms with Crippen LogP contribution in [0.15, 0.2) is 0 Å². The van der Waals surface area contributed by atoms with Gasteiger partial charge in [-0.1, -0.05) is 6.92 Å². The predicted molar refractivity (Wildman–Crippen MR) is 52.4 cm³/mol. The molecule has 1 saturated carbocycles. The minimum atomic E-state index is 0.0156. The first-order chi connectivity index (χ1) is 6.09. The molecule has 2 heteroatoms. The van der Waals surface area contributed by atoms with Gasteiger partial charge in [-0.3, -0.25) is 4.79 Å². The number of carbonyl (C=O) groups excluding carboxylic acids is 1. The van der Waals surface area contributed by atoms with Gasteiger partial charge in [0, 0.05) is 0 Å². The Hall–Kier alpha value is -0.530. The van der Waals surface area contributed by atoms with Crippen LogP contribution in [0.5, 0.6) is 0 Å². The molecule has 0 atom stereocenters. The van der Waals surface area contributed by atoms with Crippen LogP contribution in [0.3, 0.4) is 0 Å². The van der Waals surface area contributed by atoms with Crippen LogP contribution in [-0.4, -0.2) is 12.1 Å². The maximum Gasteiger partial charge on any atom is 0.309 e. The van der Waals surface area contributed by atoms with Crippen molar-refractivity contribution in [1.29, 1.82) is 0 Å². The Morgan fingerprint density at radius 2 is 1.77 bits per heavy atom. The van der Waals surface area contributed by atoms with Gasteiger partial charge >= 0.3 is 5.97 Å². The van der Waals surface area contributed by atoms with Crippen molar-refractivity contribution in [3.8, 4) is 0 Å². The molecule has 0 radical (unpaired) electrons. The molecule has 13 heavy (non-hydrogen) atoms. The zero-order valence-corrected chi connectivity index (χ0v) is 8.88. The van der Waals surface area contributed by atoms with Crippen molar-refractivity contribution in [3.05, 3.63) is 0 Å². The van der Waals surface area contributed by atoms with E-state index in [1.807, 2.05) is 13.8 Å². The van der Waals surface area contributed by atoms with Crippen LogP contribution in [0.1, 0.15) is 46.5 Å². The van der Waals surface area contributed by atoms with Gasteiger partial charge in [-0.25, -0.2) is 0 Å². The van der Waals surface area contributed by atoms with Crippen LogP contribution in [0.25, 0.3) is 0 Å². The summed E-state index contributed by atoms with van der Waals surface area (Å²) >= 11 is 0. The van der Waals surface area contributed by atoms with Crippen molar-refractivity contribution in [2.45, 2.75) is 52.6 Å². The quantitative estimate of drug-likeness (QED) is 0.617. The fourth-order valence-corrected chi connectivity index (χ4v) is 1.82. The summed E-state index contributed by atoms with van der Waals surface area (Å²) in [5.74, 6) is 0.989. The van der Waals surface area contributed by atoms with E-state index in [4.69, 9.17) is 4.74 Å². The lowest BCUT2D eigenvalue weighted by Gasteiger charge is -2.25. The Morgan fingerprint density at radius 3 is 2.23 bits per heavy atom. The Morgan fingerprint density at radius 1 is 1.23 bits per heavy atom. The summed E-state index contributed by atoms with van der Waals surface area (Å²) in [4.78, 5) is 11.5. The Labute approximate surface area is 80.7 Å². The number of hydrogen-bond donors (Lipinski definition) is 0. The Kier molecular flexibility index (Phi) is 3.76. The van der Waals surface area contributed by atoms with Crippen molar-refractivity contribution >= 4 is 5.97 Å². The third kappa shape index (κ3) is 3.37. The first-order valence-corrected chi connectivity index (χ1v) is 5.30. The molecular formula is C11H20O2. The first kappa shape index (κ1) is 10.6. The van der Waals surface area contributed by atoms with Crippen LogP contribution in [0, 0.1) is 11.8 Å². The number of esters is 1. The van der Waals surface area contributed by atoms with Gasteiger partial charge in [0.1, 0.15) is 0 Å². The van der Waals surface area contributed by atoms with Crippen LogP contribution in [0.4, 0.5) is 0 Å². The average Bonchev–Trinajstić information content (AvgIpc) is 2.04. The second-order valence-corrected chi connectivity index (χ2v) is 4.44. The van der Waals surface area contributed by atoms with Gasteiger partial charge in [0.05, 0.1) is 12.0 Å². The molecule has 0 saturated heterocycles. The van der Waals surface area contributed by atoms with Crippen molar-refractivity contribution in [1.82, 2.24) is 0 Å². The third-order valence-electron chi connectivity index (χ3n) is 2.70. The smallest absolute Gasteiger partial charge is 0.309 e. The van der Waals surface area contributed by atoms with Crippen LogP contribution in [-0.2, 0) is 9.53 Å². The second-order valence-electron chi connectivity index (χ2n) is 4.44. The van der Waals surface area contributed by atoms with Gasteiger partial charge in [0.25, 0.3) is 0 Å². The molecule has 76 valence electrons. The summed E-state index contributed by atoms with van der Waals surface area (Å²) in [5, 5.41) is 0. The SMILES string of the molecule is CC1CCC(C(=O)OC(C)C)CC1. The summed E-state index contributed by atoms with van der Waals surface area (Å²) < 4.78 is 5.19. The first-order valence-electron chi connectivity index (χ1n) is 5.30. The molecule has 0 aliphatic heterocycles. The molecule has 1 rings (SSSR count). The molecule has 0 N–H and O–H groups in total. The van der Waals surface area contributed by atoms with E-state index in [2.05, 4.69) is 6.92 Å². The maximum atomic E-state index is 11.5. The highest BCUT2D eigenvalue weighted by molar-refractivity contribution is 5.72. The van der Waals surface area contributed by atoms with Crippen molar-refractivity contribution in [2.24, 2.45) is 11.8 Å². The minimum absolute atomic E-state index is 0.0156. The molecule has 1 aliphatic rings. The van der Waals surface area contributed by atoms with E-state index < -0.39 is 0 Å². The fourth-order valence-electron chi connectivity index (χ4n) is 1.82. The fraction of sp³-hybridized carbons (Fsp3) is 0.909. The highest BCUT2D eigenvalue weighted by Crippen LogP contribution is 2.29. The summed E-state index contributed by atoms with van der Waals surface area (Å²) in [6.45, 7) is 6.07. The van der Waals surface area contributed by atoms with Crippen LogP contribution >= 0.6 is 0 Å². The highest BCUT2D eigenvalue weighted by Gasteiger charge is 2.25. The molecule has 2 nitrogen and oxygen atoms in total. The molecule has 0 spiro atoms. The molecule has 0 aromatic rings. The molecule has 0 aromatic heterocycles. The van der Waals surface area contributed by atoms with Gasteiger partial charge in [0.2, 0.25) is 0 Å². The van der Waals surface area contributed by atoms with Crippen molar-refractivity contribution in [2.75, 3.05) is 0 Å². The van der Waals surface area contributed by atoms with E-state index in [0.717, 1.165) is 18.8 Å². The van der Waals surface area contributed by atoms with Crippen LogP contribution < -0.4 is 0 Å². The van der Waals surface area contributed by atoms with Gasteiger partial charge < -0.3 is 4.74 Å². The number of carbonyl (C=O) groups is 1. The Balaban J connectivity index is 2.31. The lowest BCUT2D eigenvalue weighted by atomic mass is 9.83. The van der Waals surface area contributed by atoms with E-state index in [1.165, 1.54) is 12.8 Å². The number of ether oxygens (including phenoxy) is 1. The summed E-state index contributed by atoms with van der Waals surface area (Å²) in [6.07, 6.45) is 4.43. The van der Waals surface area contributed by atoms with Crippen molar-refractivity contribution < 1.29 is 9.53 Å². The molecule has 0 aromatic carbocycles. The number of rotatable bonds is 2. The van der Waals surface area contributed by atoms with Gasteiger partial charge in [-0.15, -0.1) is 0 Å². The monoisotopic (exact) mass is 184 g/mol. The standard InChI is InChI=1S/C11H20O2/c1-8(2)13-11(12)10-6-4-9(3)5-7-10/h8-10H,4-7H2,1-3H3. The van der Waals surface area contributed by atoms with Crippen molar-refractivity contribution in [3.63, 3.8) is 0 Å². The summed E-state index contributed by atoms with van der Waals surface area (Å²) in [5.41, 5.74) is 0. The summed E-state index contributed by atoms with van der Waals surface area (Å²) in [7, 11) is 0. The molecule has 1 fully saturated rings. The molecule has 0 bridgehead atoms. The molecule has 1 aliphatic carbocycles. The van der Waals surface area contributed by atoms with Gasteiger partial charge in [-0.2, -0.15) is 0 Å². The molecule has 0 unspecified atom stereocenters. The van der Waals surface area contributed by atoms with Gasteiger partial charge in [-0.05, 0) is 45.4 Å². The van der Waals surface area contributed by atoms with E-state index in [-0.39, 0.29) is 18.0 Å². The summed E-state index contributed by atoms with van der Waals surface area (Å²) in [6, 6.07) is 0. The van der Waals surface area contributed by atoms with E-state index in [9.17, 15) is 4.79 Å². The normalized spacial score (nSPS) is 28.9. The number of hydrogen-bond acceptors (Lipinski definition) is 2. The average molecular weight is 184 g/mol. The zero-order chi connectivity index (χ0) is 9.84. The van der Waals surface area contributed by atoms with E-state index in [1.54, 1.807) is 0 Å². The Bertz CT molecular complexity index is 167. The molecule has 0 amide bonds. The van der Waals surface area contributed by atoms with E-state index in [0.29, 0.717) is 0 Å². The second kappa shape index (κ2) is 4.64.